The zero-order valence-corrected chi connectivity index (χ0v) is 19.3. The van der Waals surface area contributed by atoms with Crippen molar-refractivity contribution in [3.05, 3.63) is 68.2 Å². The first-order valence-corrected chi connectivity index (χ1v) is 10.5. The summed E-state index contributed by atoms with van der Waals surface area (Å²) in [4.78, 5) is 4.79. The second-order valence-corrected chi connectivity index (χ2v) is 8.83. The Labute approximate surface area is 179 Å². The van der Waals surface area contributed by atoms with E-state index in [0.717, 1.165) is 28.9 Å². The largest absolute Gasteiger partial charge is 0.350 e. The van der Waals surface area contributed by atoms with E-state index in [9.17, 15) is 5.26 Å². The maximum Gasteiger partial charge on any atom is 0.101 e. The van der Waals surface area contributed by atoms with Gasteiger partial charge in [0.2, 0.25) is 0 Å². The molecule has 3 aromatic rings. The Morgan fingerprint density at radius 3 is 2.43 bits per heavy atom. The van der Waals surface area contributed by atoms with Crippen LogP contribution in [0.2, 0.25) is 0 Å². The van der Waals surface area contributed by atoms with E-state index in [2.05, 4.69) is 69.0 Å². The maximum atomic E-state index is 9.57. The van der Waals surface area contributed by atoms with Gasteiger partial charge in [0.05, 0.1) is 28.0 Å². The highest BCUT2D eigenvalue weighted by Gasteiger charge is 2.37. The molecular weight excluding hydrogens is 368 g/mol. The van der Waals surface area contributed by atoms with E-state index in [1.807, 2.05) is 20.9 Å². The van der Waals surface area contributed by atoms with Crippen molar-refractivity contribution in [1.29, 1.82) is 5.26 Å². The van der Waals surface area contributed by atoms with Gasteiger partial charge in [0.15, 0.2) is 0 Å². The summed E-state index contributed by atoms with van der Waals surface area (Å²) < 4.78 is 2.22. The molecule has 4 heteroatoms. The van der Waals surface area contributed by atoms with Crippen molar-refractivity contribution in [1.82, 2.24) is 14.9 Å². The molecule has 1 N–H and O–H groups in total. The summed E-state index contributed by atoms with van der Waals surface area (Å²) in [7, 11) is 4.16. The third-order valence-corrected chi connectivity index (χ3v) is 7.38. The van der Waals surface area contributed by atoms with E-state index in [1.165, 1.54) is 38.7 Å². The minimum absolute atomic E-state index is 0.337. The van der Waals surface area contributed by atoms with Gasteiger partial charge in [-0.2, -0.15) is 5.26 Å². The monoisotopic (exact) mass is 398 g/mol. The van der Waals surface area contributed by atoms with Crippen LogP contribution in [0.3, 0.4) is 0 Å². The predicted molar refractivity (Wildman–Crippen MR) is 124 cm³/mol. The molecule has 30 heavy (non-hydrogen) atoms. The van der Waals surface area contributed by atoms with Crippen molar-refractivity contribution in [3.8, 4) is 6.07 Å². The third-order valence-electron chi connectivity index (χ3n) is 7.38. The number of nitrogens with zero attached hydrogens (tertiary/aromatic N) is 3. The Morgan fingerprint density at radius 1 is 1.10 bits per heavy atom. The highest BCUT2D eigenvalue weighted by atomic mass is 15.0. The van der Waals surface area contributed by atoms with Crippen molar-refractivity contribution in [2.45, 2.75) is 53.5 Å². The molecule has 1 aliphatic carbocycles. The molecule has 4 rings (SSSR count). The standard InChI is InChI=1S/C26H30N4/c1-14-15(2)24(20-9-10-30(8)25(20)16(14)3)26(6,28-7)19-11-21-17(4)22(13-27)18(5)29-23(21)12-19/h9-11,28H,12H2,1-8H3. The van der Waals surface area contributed by atoms with Gasteiger partial charge in [-0.15, -0.1) is 0 Å². The Bertz CT molecular complexity index is 1280. The minimum Gasteiger partial charge on any atom is -0.350 e. The molecule has 4 nitrogen and oxygen atoms in total. The molecule has 0 saturated carbocycles. The lowest BCUT2D eigenvalue weighted by atomic mass is 9.77. The van der Waals surface area contributed by atoms with Crippen LogP contribution in [0.15, 0.2) is 17.8 Å². The van der Waals surface area contributed by atoms with E-state index < -0.39 is 0 Å². The normalized spacial score (nSPS) is 15.1. The average molecular weight is 399 g/mol. The number of aromatic nitrogens is 2. The fraction of sp³-hybridized carbons (Fsp3) is 0.385. The molecule has 0 radical (unpaired) electrons. The molecule has 0 aliphatic heterocycles. The fourth-order valence-corrected chi connectivity index (χ4v) is 5.30. The van der Waals surface area contributed by atoms with Gasteiger partial charge in [-0.1, -0.05) is 6.08 Å². The minimum atomic E-state index is -0.337. The fourth-order valence-electron chi connectivity index (χ4n) is 5.30. The molecule has 1 unspecified atom stereocenters. The third kappa shape index (κ3) is 2.58. The number of aryl methyl sites for hydroxylation is 3. The van der Waals surface area contributed by atoms with Gasteiger partial charge in [-0.05, 0) is 88.0 Å². The summed E-state index contributed by atoms with van der Waals surface area (Å²) in [6, 6.07) is 4.57. The first-order valence-electron chi connectivity index (χ1n) is 10.5. The van der Waals surface area contributed by atoms with Crippen molar-refractivity contribution < 1.29 is 0 Å². The number of fused-ring (bicyclic) bond motifs is 2. The molecule has 0 fully saturated rings. The summed E-state index contributed by atoms with van der Waals surface area (Å²) >= 11 is 0. The second-order valence-electron chi connectivity index (χ2n) is 8.83. The predicted octanol–water partition coefficient (Wildman–Crippen LogP) is 5.06. The molecule has 1 atom stereocenters. The molecule has 154 valence electrons. The topological polar surface area (TPSA) is 53.6 Å². The number of hydrogen-bond acceptors (Lipinski definition) is 3. The number of hydrogen-bond donors (Lipinski definition) is 1. The van der Waals surface area contributed by atoms with Gasteiger partial charge in [-0.25, -0.2) is 0 Å². The quantitative estimate of drug-likeness (QED) is 0.671. The summed E-state index contributed by atoms with van der Waals surface area (Å²) in [6.45, 7) is 12.9. The summed E-state index contributed by atoms with van der Waals surface area (Å²) in [5, 5.41) is 14.5. The van der Waals surface area contributed by atoms with E-state index >= 15 is 0 Å². The van der Waals surface area contributed by atoms with Crippen LogP contribution in [0.5, 0.6) is 0 Å². The Kier molecular flexibility index (Phi) is 4.63. The highest BCUT2D eigenvalue weighted by molar-refractivity contribution is 5.91. The second kappa shape index (κ2) is 6.82. The van der Waals surface area contributed by atoms with Crippen LogP contribution in [-0.4, -0.2) is 16.6 Å². The first-order chi connectivity index (χ1) is 14.2. The van der Waals surface area contributed by atoms with Crippen LogP contribution >= 0.6 is 0 Å². The van der Waals surface area contributed by atoms with E-state index in [-0.39, 0.29) is 5.54 Å². The number of nitrogens with one attached hydrogen (secondary N) is 1. The van der Waals surface area contributed by atoms with E-state index in [1.54, 1.807) is 0 Å². The number of pyridine rings is 1. The molecule has 0 saturated heterocycles. The molecule has 0 bridgehead atoms. The molecule has 2 heterocycles. The van der Waals surface area contributed by atoms with Crippen molar-refractivity contribution in [2.75, 3.05) is 7.05 Å². The Morgan fingerprint density at radius 2 is 1.80 bits per heavy atom. The lowest BCUT2D eigenvalue weighted by molar-refractivity contribution is 0.469. The molecule has 2 aromatic heterocycles. The number of likely N-dealkylation sites (N-methyl/N-ethyl adjacent to an activating group) is 1. The highest BCUT2D eigenvalue weighted by Crippen LogP contribution is 2.44. The maximum absolute atomic E-state index is 9.57. The molecule has 1 aliphatic rings. The summed E-state index contributed by atoms with van der Waals surface area (Å²) in [5.74, 6) is 0. The summed E-state index contributed by atoms with van der Waals surface area (Å²) in [6.07, 6.45) is 5.21. The first kappa shape index (κ1) is 20.4. The van der Waals surface area contributed by atoms with Crippen molar-refractivity contribution in [2.24, 2.45) is 7.05 Å². The summed E-state index contributed by atoms with van der Waals surface area (Å²) in [5.41, 5.74) is 12.3. The van der Waals surface area contributed by atoms with Crippen molar-refractivity contribution in [3.63, 3.8) is 0 Å². The van der Waals surface area contributed by atoms with Gasteiger partial charge in [0, 0.05) is 30.6 Å². The Balaban J connectivity index is 1.99. The van der Waals surface area contributed by atoms with Crippen LogP contribution in [0, 0.1) is 45.9 Å². The smallest absolute Gasteiger partial charge is 0.101 e. The molecule has 0 amide bonds. The average Bonchev–Trinajstić information content (AvgIpc) is 3.31. The zero-order chi connectivity index (χ0) is 22.0. The number of benzene rings is 1. The van der Waals surface area contributed by atoms with E-state index in [0.29, 0.717) is 5.56 Å². The zero-order valence-electron chi connectivity index (χ0n) is 19.3. The number of nitriles is 1. The van der Waals surface area contributed by atoms with Crippen molar-refractivity contribution >= 4 is 17.0 Å². The van der Waals surface area contributed by atoms with Gasteiger partial charge < -0.3 is 9.88 Å². The molecule has 0 spiro atoms. The SMILES string of the molecule is CNC(C)(C1=Cc2c(nc(C)c(C#N)c2C)C1)c1c(C)c(C)c(C)c2c1ccn2C. The van der Waals surface area contributed by atoms with Gasteiger partial charge in [0.1, 0.15) is 6.07 Å². The van der Waals surface area contributed by atoms with Crippen LogP contribution < -0.4 is 5.32 Å². The van der Waals surface area contributed by atoms with Crippen LogP contribution in [0.25, 0.3) is 17.0 Å². The lowest BCUT2D eigenvalue weighted by Crippen LogP contribution is -2.40. The van der Waals surface area contributed by atoms with Crippen LogP contribution in [-0.2, 0) is 19.0 Å². The Hall–Kier alpha value is -2.90. The van der Waals surface area contributed by atoms with Crippen LogP contribution in [0.1, 0.15) is 57.3 Å². The van der Waals surface area contributed by atoms with Gasteiger partial charge >= 0.3 is 0 Å². The lowest BCUT2D eigenvalue weighted by Gasteiger charge is -2.35. The molecular formula is C26H30N4. The number of rotatable bonds is 3. The van der Waals surface area contributed by atoms with E-state index in [4.69, 9.17) is 4.98 Å². The molecule has 1 aromatic carbocycles. The van der Waals surface area contributed by atoms with Gasteiger partial charge in [0.25, 0.3) is 0 Å². The van der Waals surface area contributed by atoms with Gasteiger partial charge in [-0.3, -0.25) is 4.98 Å². The van der Waals surface area contributed by atoms with Crippen LogP contribution in [0.4, 0.5) is 0 Å².